The molecule has 2 aliphatic carbocycles. The standard InChI is InChI=1S/C33H41N5O5/c1-31-12-11-27(40)32(2,18-39)25(31)10-13-33(19-42-33)26(31)17-24(38-28-5-3-4-14-36-28)23-16-22(43-29(23)41)15-20-6-8-21(9-7-20)37-30(34)35/h3-9,14-16,24-27,39-40H,10-13,17-19H2,1-2H3,(H,36,38)(H4,34,35,37)/b22-15+/t24?,25?,26?,27-,31+,32+,33?/m1/s1. The molecular formula is C33H41N5O5. The van der Waals surface area contributed by atoms with Crippen molar-refractivity contribution in [1.82, 2.24) is 4.98 Å². The van der Waals surface area contributed by atoms with Crippen molar-refractivity contribution in [2.45, 2.75) is 63.7 Å². The zero-order valence-corrected chi connectivity index (χ0v) is 24.7. The van der Waals surface area contributed by atoms with Crippen molar-refractivity contribution < 1.29 is 24.5 Å². The first kappa shape index (κ1) is 29.3. The van der Waals surface area contributed by atoms with Crippen LogP contribution in [0.3, 0.4) is 0 Å². The van der Waals surface area contributed by atoms with E-state index in [4.69, 9.17) is 20.9 Å². The molecule has 2 aromatic rings. The number of allylic oxidation sites excluding steroid dienone is 1. The van der Waals surface area contributed by atoms with Gasteiger partial charge in [0.25, 0.3) is 0 Å². The van der Waals surface area contributed by atoms with E-state index in [-0.39, 0.29) is 35.4 Å². The third kappa shape index (κ3) is 5.43. The summed E-state index contributed by atoms with van der Waals surface area (Å²) < 4.78 is 12.0. The monoisotopic (exact) mass is 587 g/mol. The number of benzene rings is 1. The molecule has 1 spiro atoms. The van der Waals surface area contributed by atoms with Crippen LogP contribution in [0.2, 0.25) is 0 Å². The van der Waals surface area contributed by atoms with Gasteiger partial charge in [-0.05, 0) is 91.3 Å². The number of hydrogen-bond donors (Lipinski definition) is 5. The number of carbonyl (C=O) groups excluding carboxylic acids is 1. The number of guanidine groups is 1. The van der Waals surface area contributed by atoms with Gasteiger partial charge in [-0.15, -0.1) is 0 Å². The molecule has 1 saturated heterocycles. The van der Waals surface area contributed by atoms with Crippen molar-refractivity contribution in [3.63, 3.8) is 0 Å². The van der Waals surface area contributed by atoms with Gasteiger partial charge in [0, 0.05) is 11.6 Å². The molecule has 2 aliphatic heterocycles. The van der Waals surface area contributed by atoms with Crippen LogP contribution in [0.25, 0.3) is 6.08 Å². The maximum atomic E-state index is 13.4. The summed E-state index contributed by atoms with van der Waals surface area (Å²) in [5.41, 5.74) is 11.9. The molecule has 3 heterocycles. The smallest absolute Gasteiger partial charge is 0.341 e. The molecule has 2 saturated carbocycles. The first-order valence-electron chi connectivity index (χ1n) is 15.0. The van der Waals surface area contributed by atoms with Crippen LogP contribution < -0.4 is 16.8 Å². The van der Waals surface area contributed by atoms with Gasteiger partial charge >= 0.3 is 5.97 Å². The topological polar surface area (TPSA) is 169 Å². The molecule has 7 N–H and O–H groups in total. The number of fused-ring (bicyclic) bond motifs is 1. The fraction of sp³-hybridized carbons (Fsp3) is 0.485. The van der Waals surface area contributed by atoms with Crippen LogP contribution in [-0.4, -0.2) is 58.1 Å². The minimum Gasteiger partial charge on any atom is -0.423 e. The van der Waals surface area contributed by atoms with Crippen LogP contribution >= 0.6 is 0 Å². The van der Waals surface area contributed by atoms with Gasteiger partial charge in [0.05, 0.1) is 42.2 Å². The third-order valence-corrected chi connectivity index (χ3v) is 10.5. The number of aromatic nitrogens is 1. The van der Waals surface area contributed by atoms with Gasteiger partial charge in [-0.25, -0.2) is 14.8 Å². The minimum atomic E-state index is -0.593. The van der Waals surface area contributed by atoms with Crippen LogP contribution in [0.4, 0.5) is 11.5 Å². The lowest BCUT2D eigenvalue weighted by atomic mass is 9.44. The highest BCUT2D eigenvalue weighted by atomic mass is 16.6. The van der Waals surface area contributed by atoms with Crippen LogP contribution in [-0.2, 0) is 14.3 Å². The molecule has 0 amide bonds. The molecule has 1 aromatic carbocycles. The summed E-state index contributed by atoms with van der Waals surface area (Å²) in [6, 6.07) is 12.5. The summed E-state index contributed by atoms with van der Waals surface area (Å²) in [5.74, 6) is 0.892. The first-order chi connectivity index (χ1) is 20.6. The number of hydrogen-bond acceptors (Lipinski definition) is 8. The van der Waals surface area contributed by atoms with E-state index in [1.807, 2.05) is 37.3 Å². The van der Waals surface area contributed by atoms with Gasteiger partial charge in [-0.1, -0.05) is 32.0 Å². The van der Waals surface area contributed by atoms with E-state index in [1.165, 1.54) is 0 Å². The molecule has 4 aliphatic rings. The number of carbonyl (C=O) groups is 1. The average Bonchev–Trinajstić information content (AvgIpc) is 3.67. The normalized spacial score (nSPS) is 34.7. The van der Waals surface area contributed by atoms with E-state index in [0.29, 0.717) is 42.3 Å². The zero-order valence-electron chi connectivity index (χ0n) is 24.7. The van der Waals surface area contributed by atoms with Crippen LogP contribution in [0, 0.1) is 22.7 Å². The second-order valence-corrected chi connectivity index (χ2v) is 13.0. The Kier molecular flexibility index (Phi) is 7.56. The summed E-state index contributed by atoms with van der Waals surface area (Å²) in [4.78, 5) is 22.0. The predicted octanol–water partition coefficient (Wildman–Crippen LogP) is 3.64. The molecule has 10 nitrogen and oxygen atoms in total. The molecule has 3 fully saturated rings. The molecule has 4 unspecified atom stereocenters. The predicted molar refractivity (Wildman–Crippen MR) is 164 cm³/mol. The fourth-order valence-electron chi connectivity index (χ4n) is 8.12. The summed E-state index contributed by atoms with van der Waals surface area (Å²) in [5, 5.41) is 25.0. The van der Waals surface area contributed by atoms with Crippen molar-refractivity contribution in [2.75, 3.05) is 18.5 Å². The number of aliphatic hydroxyl groups is 2. The van der Waals surface area contributed by atoms with E-state index >= 15 is 0 Å². The number of nitrogens with two attached hydrogens (primary N) is 2. The molecule has 10 heteroatoms. The van der Waals surface area contributed by atoms with E-state index < -0.39 is 23.5 Å². The van der Waals surface area contributed by atoms with Crippen molar-refractivity contribution in [3.8, 4) is 0 Å². The average molecular weight is 588 g/mol. The lowest BCUT2D eigenvalue weighted by Gasteiger charge is -2.61. The Morgan fingerprint density at radius 1 is 1.19 bits per heavy atom. The lowest BCUT2D eigenvalue weighted by molar-refractivity contribution is -0.177. The Hall–Kier alpha value is -3.73. The Bertz CT molecular complexity index is 1450. The third-order valence-electron chi connectivity index (χ3n) is 10.5. The number of rotatable bonds is 8. The van der Waals surface area contributed by atoms with Gasteiger partial charge in [0.2, 0.25) is 0 Å². The van der Waals surface area contributed by atoms with Gasteiger partial charge in [-0.2, -0.15) is 0 Å². The Balaban J connectivity index is 1.34. The summed E-state index contributed by atoms with van der Waals surface area (Å²) in [6.07, 6.45) is 8.58. The van der Waals surface area contributed by atoms with Crippen molar-refractivity contribution in [2.24, 2.45) is 39.1 Å². The van der Waals surface area contributed by atoms with E-state index in [9.17, 15) is 15.0 Å². The van der Waals surface area contributed by atoms with Crippen LogP contribution in [0.5, 0.6) is 0 Å². The minimum absolute atomic E-state index is 0.0169. The number of epoxide rings is 1. The molecule has 1 aromatic heterocycles. The number of cyclic esters (lactones) is 1. The van der Waals surface area contributed by atoms with Gasteiger partial charge in [0.1, 0.15) is 11.6 Å². The highest BCUT2D eigenvalue weighted by Gasteiger charge is 2.67. The van der Waals surface area contributed by atoms with Crippen LogP contribution in [0.1, 0.15) is 51.5 Å². The summed E-state index contributed by atoms with van der Waals surface area (Å²) in [6.45, 7) is 4.92. The van der Waals surface area contributed by atoms with Crippen molar-refractivity contribution in [1.29, 1.82) is 0 Å². The highest BCUT2D eigenvalue weighted by Crippen LogP contribution is 2.66. The summed E-state index contributed by atoms with van der Waals surface area (Å²) in [7, 11) is 0. The first-order valence-corrected chi connectivity index (χ1v) is 15.0. The number of aliphatic imine (C=N–C) groups is 1. The second kappa shape index (κ2) is 11.1. The van der Waals surface area contributed by atoms with Gasteiger partial charge in [0.15, 0.2) is 5.96 Å². The fourth-order valence-corrected chi connectivity index (χ4v) is 8.12. The van der Waals surface area contributed by atoms with E-state index in [2.05, 4.69) is 22.2 Å². The number of anilines is 1. The lowest BCUT2D eigenvalue weighted by Crippen LogP contribution is -2.61. The SMILES string of the molecule is C[C@]12CC[C@@H](O)[C@@](C)(CO)C1CCC1(CO1)C2CC(Nc1ccccn1)C1=C/C(=C\c2ccc(N=C(N)N)cc2)OC1=O. The molecule has 0 radical (unpaired) electrons. The Morgan fingerprint density at radius 3 is 2.60 bits per heavy atom. The van der Waals surface area contributed by atoms with E-state index in [1.54, 1.807) is 30.5 Å². The van der Waals surface area contributed by atoms with Gasteiger partial charge < -0.3 is 36.5 Å². The molecular weight excluding hydrogens is 546 g/mol. The number of nitrogens with one attached hydrogen (secondary N) is 1. The highest BCUT2D eigenvalue weighted by molar-refractivity contribution is 5.95. The number of esters is 1. The number of ether oxygens (including phenoxy) is 2. The maximum Gasteiger partial charge on any atom is 0.341 e. The Morgan fingerprint density at radius 2 is 1.95 bits per heavy atom. The largest absolute Gasteiger partial charge is 0.423 e. The van der Waals surface area contributed by atoms with E-state index in [0.717, 1.165) is 24.8 Å². The maximum absolute atomic E-state index is 13.4. The number of aliphatic hydroxyl groups excluding tert-OH is 2. The van der Waals surface area contributed by atoms with Crippen molar-refractivity contribution in [3.05, 3.63) is 71.6 Å². The summed E-state index contributed by atoms with van der Waals surface area (Å²) >= 11 is 0. The number of nitrogens with zero attached hydrogens (tertiary/aromatic N) is 2. The van der Waals surface area contributed by atoms with Crippen molar-refractivity contribution >= 4 is 29.5 Å². The van der Waals surface area contributed by atoms with Gasteiger partial charge in [-0.3, -0.25) is 0 Å². The van der Waals surface area contributed by atoms with Crippen LogP contribution in [0.15, 0.2) is 71.1 Å². The Labute approximate surface area is 251 Å². The quantitative estimate of drug-likeness (QED) is 0.134. The zero-order chi connectivity index (χ0) is 30.4. The second-order valence-electron chi connectivity index (χ2n) is 13.0. The molecule has 6 rings (SSSR count). The molecule has 43 heavy (non-hydrogen) atoms. The molecule has 228 valence electrons. The molecule has 7 atom stereocenters. The number of pyridine rings is 1. The molecule has 0 bridgehead atoms.